The van der Waals surface area contributed by atoms with Crippen LogP contribution in [0.1, 0.15) is 34.5 Å². The van der Waals surface area contributed by atoms with Gasteiger partial charge in [-0.25, -0.2) is 65.9 Å². The first-order chi connectivity index (χ1) is 26.5. The van der Waals surface area contributed by atoms with Crippen molar-refractivity contribution in [2.45, 2.75) is 6.42 Å². The molecule has 4 nitrogen and oxygen atoms in total. The van der Waals surface area contributed by atoms with Crippen LogP contribution in [0.3, 0.4) is 0 Å². The zero-order valence-corrected chi connectivity index (χ0v) is 26.9. The van der Waals surface area contributed by atoms with Gasteiger partial charge < -0.3 is 20.3 Å². The second-order valence-electron chi connectivity index (χ2n) is 12.2. The first kappa shape index (κ1) is 36.4. The van der Waals surface area contributed by atoms with Crippen LogP contribution in [-0.4, -0.2) is 15.0 Å². The Kier molecular flexibility index (Phi) is 8.31. The minimum atomic E-state index is -2.58. The Labute approximate surface area is 299 Å². The summed E-state index contributed by atoms with van der Waals surface area (Å²) in [6, 6.07) is 6.32. The lowest BCUT2D eigenvalue weighted by Crippen LogP contribution is -2.21. The van der Waals surface area contributed by atoms with Gasteiger partial charge in [0.15, 0.2) is 69.8 Å². The molecule has 0 spiro atoms. The molecule has 0 unspecified atom stereocenters. The van der Waals surface area contributed by atoms with E-state index in [2.05, 4.69) is 20.3 Å². The van der Waals surface area contributed by atoms with Crippen molar-refractivity contribution in [2.75, 3.05) is 0 Å². The van der Waals surface area contributed by atoms with Crippen LogP contribution < -0.4 is 16.0 Å². The smallest absolute Gasteiger partial charge is 0.200 e. The van der Waals surface area contributed by atoms with Crippen molar-refractivity contribution in [3.05, 3.63) is 191 Å². The summed E-state index contributed by atoms with van der Waals surface area (Å²) in [7, 11) is 0. The zero-order chi connectivity index (χ0) is 40.2. The number of rotatable bonds is 3. The molecule has 56 heavy (non-hydrogen) atoms. The molecular formula is C37H13F15N4. The number of nitrogens with one attached hydrogen (secondary N) is 4. The monoisotopic (exact) mass is 798 g/mol. The van der Waals surface area contributed by atoms with Crippen molar-refractivity contribution in [1.82, 2.24) is 20.3 Å². The van der Waals surface area contributed by atoms with Crippen LogP contribution in [0.5, 0.6) is 0 Å². The molecule has 8 bridgehead atoms. The summed E-state index contributed by atoms with van der Waals surface area (Å²) in [6.45, 7) is 0. The highest BCUT2D eigenvalue weighted by Crippen LogP contribution is 2.40. The van der Waals surface area contributed by atoms with E-state index < -0.39 is 161 Å². The highest BCUT2D eigenvalue weighted by Gasteiger charge is 2.35. The van der Waals surface area contributed by atoms with Crippen molar-refractivity contribution in [3.8, 4) is 0 Å². The Bertz CT molecular complexity index is 2960. The molecule has 2 aliphatic heterocycles. The van der Waals surface area contributed by atoms with Gasteiger partial charge in [0.05, 0.1) is 27.4 Å². The molecule has 8 rings (SSSR count). The van der Waals surface area contributed by atoms with Crippen molar-refractivity contribution >= 4 is 16.7 Å². The summed E-state index contributed by atoms with van der Waals surface area (Å²) in [5.41, 5.74) is -9.50. The van der Waals surface area contributed by atoms with Crippen molar-refractivity contribution in [1.29, 1.82) is 0 Å². The van der Waals surface area contributed by atoms with Gasteiger partial charge in [0.25, 0.3) is 0 Å². The van der Waals surface area contributed by atoms with Crippen LogP contribution >= 0.6 is 0 Å². The topological polar surface area (TPSA) is 59.4 Å². The number of allylic oxidation sites excluding steroid dienone is 2. The summed E-state index contributed by atoms with van der Waals surface area (Å²) in [5, 5.41) is 1.57. The van der Waals surface area contributed by atoms with Gasteiger partial charge >= 0.3 is 0 Å². The molecule has 2 aliphatic rings. The zero-order valence-electron chi connectivity index (χ0n) is 26.9. The van der Waals surface area contributed by atoms with E-state index in [-0.39, 0.29) is 10.7 Å². The highest BCUT2D eigenvalue weighted by molar-refractivity contribution is 5.87. The number of aromatic amines is 3. The molecule has 286 valence electrons. The van der Waals surface area contributed by atoms with Crippen molar-refractivity contribution in [2.24, 2.45) is 0 Å². The third kappa shape index (κ3) is 5.12. The molecule has 0 atom stereocenters. The normalized spacial score (nSPS) is 14.0. The second-order valence-corrected chi connectivity index (χ2v) is 12.2. The highest BCUT2D eigenvalue weighted by atomic mass is 19.2. The second kappa shape index (κ2) is 12.8. The minimum Gasteiger partial charge on any atom is -0.358 e. The largest absolute Gasteiger partial charge is 0.358 e. The summed E-state index contributed by atoms with van der Waals surface area (Å²) < 4.78 is 223. The summed E-state index contributed by atoms with van der Waals surface area (Å²) >= 11 is 0. The fourth-order valence-electron chi connectivity index (χ4n) is 6.63. The predicted octanol–water partition coefficient (Wildman–Crippen LogP) is 8.14. The van der Waals surface area contributed by atoms with Crippen LogP contribution in [-0.2, 0) is 0 Å². The van der Waals surface area contributed by atoms with Crippen LogP contribution in [0, 0.1) is 98.0 Å². The third-order valence-electron chi connectivity index (χ3n) is 9.17. The molecule has 3 aromatic heterocycles. The van der Waals surface area contributed by atoms with Gasteiger partial charge in [0.2, 0.25) is 17.5 Å². The first-order valence-electron chi connectivity index (χ1n) is 15.6. The molecule has 6 aromatic rings. The third-order valence-corrected chi connectivity index (χ3v) is 9.17. The van der Waals surface area contributed by atoms with E-state index in [1.807, 2.05) is 0 Å². The Morgan fingerprint density at radius 1 is 0.321 bits per heavy atom. The number of fused-ring (bicyclic) bond motifs is 8. The van der Waals surface area contributed by atoms with E-state index in [9.17, 15) is 39.5 Å². The van der Waals surface area contributed by atoms with E-state index in [1.165, 1.54) is 12.1 Å². The average Bonchev–Trinajstić information content (AvgIpc) is 4.03. The number of hydrogen-bond donors (Lipinski definition) is 4. The molecule has 3 aromatic carbocycles. The van der Waals surface area contributed by atoms with Crippen LogP contribution in [0.15, 0.2) is 53.9 Å². The van der Waals surface area contributed by atoms with Gasteiger partial charge in [0, 0.05) is 56.6 Å². The van der Waals surface area contributed by atoms with E-state index in [0.29, 0.717) is 0 Å². The lowest BCUT2D eigenvalue weighted by Gasteiger charge is -2.18. The van der Waals surface area contributed by atoms with E-state index in [0.717, 1.165) is 30.3 Å². The number of halogens is 15. The van der Waals surface area contributed by atoms with E-state index >= 15 is 26.3 Å². The first-order valence-corrected chi connectivity index (χ1v) is 15.6. The Morgan fingerprint density at radius 3 is 1.07 bits per heavy atom. The number of aromatic nitrogens is 3. The molecule has 4 N–H and O–H groups in total. The summed E-state index contributed by atoms with van der Waals surface area (Å²) in [4.78, 5) is 7.79. The van der Waals surface area contributed by atoms with E-state index in [4.69, 9.17) is 0 Å². The molecule has 0 radical (unpaired) electrons. The van der Waals surface area contributed by atoms with Gasteiger partial charge in [-0.3, -0.25) is 0 Å². The fourth-order valence-corrected chi connectivity index (χ4v) is 6.63. The maximum Gasteiger partial charge on any atom is 0.200 e. The van der Waals surface area contributed by atoms with Gasteiger partial charge in [-0.15, -0.1) is 0 Å². The molecular weight excluding hydrogens is 785 g/mol. The van der Waals surface area contributed by atoms with Gasteiger partial charge in [-0.05, 0) is 36.4 Å². The summed E-state index contributed by atoms with van der Waals surface area (Å²) in [5.74, 6) is -36.2. The van der Waals surface area contributed by atoms with Gasteiger partial charge in [0.1, 0.15) is 0 Å². The maximum atomic E-state index is 15.6. The molecule has 0 saturated heterocycles. The predicted molar refractivity (Wildman–Crippen MR) is 164 cm³/mol. The summed E-state index contributed by atoms with van der Waals surface area (Å²) in [6.07, 6.45) is 0.376. The number of benzene rings is 3. The Morgan fingerprint density at radius 2 is 0.643 bits per heavy atom. The maximum absolute atomic E-state index is 15.6. The number of H-pyrrole nitrogens is 3. The van der Waals surface area contributed by atoms with Crippen LogP contribution in [0.4, 0.5) is 65.9 Å². The molecule has 19 heteroatoms. The molecule has 0 aliphatic carbocycles. The van der Waals surface area contributed by atoms with Crippen molar-refractivity contribution < 1.29 is 65.9 Å². The average molecular weight is 799 g/mol. The van der Waals surface area contributed by atoms with Gasteiger partial charge in [-0.2, -0.15) is 0 Å². The molecule has 0 amide bonds. The fraction of sp³-hybridized carbons (Fsp3) is 0.0270. The Balaban J connectivity index is 1.57. The molecule has 0 saturated carbocycles. The quantitative estimate of drug-likeness (QED) is 0.0817. The number of hydrogen-bond acceptors (Lipinski definition) is 1. The van der Waals surface area contributed by atoms with Crippen molar-refractivity contribution in [3.63, 3.8) is 0 Å². The Hall–Kier alpha value is -6.53. The van der Waals surface area contributed by atoms with E-state index in [1.54, 1.807) is 0 Å². The molecule has 5 heterocycles. The standard InChI is InChI=1S/C37H13F15N4/c38-23-20(24(39)30(45)35(50)29(23)44)17-11-3-1-9(53-11)10-2-4-12(54-10)18(21-25(40)31(46)36(51)32(47)26(21)41)14-6-8-16(56-14)19(15-7-5-13(17)55-15)22-27(42)33(48)37(52)34(49)28(22)43/h1-7,53-56H,8H2. The lowest BCUT2D eigenvalue weighted by molar-refractivity contribution is 0.376. The minimum absolute atomic E-state index is 0.0529. The lowest BCUT2D eigenvalue weighted by atomic mass is 9.97. The molecule has 0 fully saturated rings. The SMILES string of the molecule is Fc1c(F)c(F)c(C2=C3CC=C(N3)C(c3c(F)c(F)c(F)c(F)c3F)=c3ccc([nH]3)=c3ccc([nH]3)=C(c3c(F)c(F)c(F)c(F)c3F)c3ccc2[nH]3)c(F)c1F. The van der Waals surface area contributed by atoms with Gasteiger partial charge in [-0.1, -0.05) is 6.08 Å². The van der Waals surface area contributed by atoms with Crippen LogP contribution in [0.25, 0.3) is 16.7 Å². The van der Waals surface area contributed by atoms with Crippen LogP contribution in [0.2, 0.25) is 0 Å².